The van der Waals surface area contributed by atoms with Crippen LogP contribution in [0.4, 0.5) is 4.79 Å². The van der Waals surface area contributed by atoms with Gasteiger partial charge in [-0.1, -0.05) is 12.1 Å². The third-order valence-electron chi connectivity index (χ3n) is 3.58. The summed E-state index contributed by atoms with van der Waals surface area (Å²) in [7, 11) is 0. The molecule has 0 aliphatic carbocycles. The fourth-order valence-corrected chi connectivity index (χ4v) is 2.58. The molecule has 0 saturated carbocycles. The number of carboxylic acid groups (broad SMARTS) is 1. The summed E-state index contributed by atoms with van der Waals surface area (Å²) in [5, 5.41) is 15.3. The van der Waals surface area contributed by atoms with Crippen LogP contribution in [0.3, 0.4) is 0 Å². The van der Waals surface area contributed by atoms with Gasteiger partial charge in [-0.2, -0.15) is 5.10 Å². The van der Waals surface area contributed by atoms with E-state index in [1.54, 1.807) is 47.4 Å². The van der Waals surface area contributed by atoms with Crippen molar-refractivity contribution in [2.45, 2.75) is 12.6 Å². The molecule has 8 heteroatoms. The Morgan fingerprint density at radius 1 is 1.13 bits per heavy atom. The fraction of sp³-hybridized carbons (Fsp3) is 0.200. The largest absolute Gasteiger partial charge is 0.465 e. The van der Waals surface area contributed by atoms with Gasteiger partial charge in [0.1, 0.15) is 0 Å². The smallest absolute Gasteiger partial charge is 0.405 e. The third kappa shape index (κ3) is 2.91. The van der Waals surface area contributed by atoms with Gasteiger partial charge < -0.3 is 10.4 Å². The van der Waals surface area contributed by atoms with Crippen LogP contribution < -0.4 is 5.32 Å². The third-order valence-corrected chi connectivity index (χ3v) is 3.58. The topological polar surface area (TPSA) is 105 Å². The summed E-state index contributed by atoms with van der Waals surface area (Å²) < 4.78 is 1.54. The molecule has 118 valence electrons. The summed E-state index contributed by atoms with van der Waals surface area (Å²) in [5.74, 6) is -0.827. The van der Waals surface area contributed by atoms with Crippen LogP contribution in [0.15, 0.2) is 42.7 Å². The molecule has 3 rings (SSSR count). The first-order valence-electron chi connectivity index (χ1n) is 6.98. The Kier molecular flexibility index (Phi) is 3.80. The first-order chi connectivity index (χ1) is 11.1. The number of amides is 3. The minimum absolute atomic E-state index is 0.0570. The molecule has 0 radical (unpaired) electrons. The summed E-state index contributed by atoms with van der Waals surface area (Å²) in [6.45, 7) is 0.158. The maximum atomic E-state index is 12.3. The fourth-order valence-electron chi connectivity index (χ4n) is 2.58. The van der Waals surface area contributed by atoms with Crippen molar-refractivity contribution in [1.29, 1.82) is 0 Å². The molecule has 1 aliphatic heterocycles. The van der Waals surface area contributed by atoms with Gasteiger partial charge in [-0.05, 0) is 18.2 Å². The number of hydrogen-bond acceptors (Lipinski definition) is 4. The van der Waals surface area contributed by atoms with Crippen LogP contribution in [0.25, 0.3) is 0 Å². The van der Waals surface area contributed by atoms with Crippen LogP contribution >= 0.6 is 0 Å². The summed E-state index contributed by atoms with van der Waals surface area (Å²) in [4.78, 5) is 36.7. The van der Waals surface area contributed by atoms with Gasteiger partial charge in [0.2, 0.25) is 0 Å². The van der Waals surface area contributed by atoms with Gasteiger partial charge in [0.15, 0.2) is 0 Å². The van der Waals surface area contributed by atoms with Crippen LogP contribution in [0.2, 0.25) is 0 Å². The Hall–Kier alpha value is -3.16. The lowest BCUT2D eigenvalue weighted by Gasteiger charge is -2.22. The van der Waals surface area contributed by atoms with E-state index in [4.69, 9.17) is 5.11 Å². The Morgan fingerprint density at radius 3 is 2.30 bits per heavy atom. The van der Waals surface area contributed by atoms with Gasteiger partial charge >= 0.3 is 6.09 Å². The van der Waals surface area contributed by atoms with Gasteiger partial charge in [-0.25, -0.2) is 4.79 Å². The molecule has 23 heavy (non-hydrogen) atoms. The molecule has 0 spiro atoms. The molecular weight excluding hydrogens is 300 g/mol. The average molecular weight is 314 g/mol. The Balaban J connectivity index is 1.79. The zero-order valence-corrected chi connectivity index (χ0v) is 12.0. The molecule has 0 fully saturated rings. The quantitative estimate of drug-likeness (QED) is 0.795. The second-order valence-electron chi connectivity index (χ2n) is 5.14. The van der Waals surface area contributed by atoms with E-state index in [2.05, 4.69) is 10.4 Å². The molecule has 0 bridgehead atoms. The van der Waals surface area contributed by atoms with Crippen molar-refractivity contribution >= 4 is 17.9 Å². The number of fused-ring (bicyclic) bond motifs is 1. The molecule has 1 atom stereocenters. The van der Waals surface area contributed by atoms with Gasteiger partial charge in [0, 0.05) is 12.4 Å². The molecule has 2 aromatic rings. The number of hydrogen-bond donors (Lipinski definition) is 2. The minimum Gasteiger partial charge on any atom is -0.465 e. The standard InChI is InChI=1S/C15H14N4O4/c20-13-11-4-1-2-5-12(11)14(21)19(13)9-10(17-15(22)23)8-18-7-3-6-16-18/h1-7,10,17H,8-9H2,(H,22,23). The molecule has 1 aromatic carbocycles. The van der Waals surface area contributed by atoms with E-state index < -0.39 is 23.9 Å². The first-order valence-corrected chi connectivity index (χ1v) is 6.98. The number of nitrogens with zero attached hydrogens (tertiary/aromatic N) is 3. The van der Waals surface area contributed by atoms with E-state index in [0.717, 1.165) is 4.90 Å². The van der Waals surface area contributed by atoms with Gasteiger partial charge in [0.25, 0.3) is 11.8 Å². The summed E-state index contributed by atoms with van der Waals surface area (Å²) in [6.07, 6.45) is 2.03. The molecule has 8 nitrogen and oxygen atoms in total. The second-order valence-corrected chi connectivity index (χ2v) is 5.14. The van der Waals surface area contributed by atoms with E-state index in [1.807, 2.05) is 0 Å². The molecule has 1 unspecified atom stereocenters. The summed E-state index contributed by atoms with van der Waals surface area (Å²) in [5.41, 5.74) is 0.677. The lowest BCUT2D eigenvalue weighted by Crippen LogP contribution is -2.47. The average Bonchev–Trinajstić information content (AvgIpc) is 3.10. The number of carbonyl (C=O) groups excluding carboxylic acids is 2. The van der Waals surface area contributed by atoms with Crippen molar-refractivity contribution in [2.75, 3.05) is 6.54 Å². The molecule has 3 amide bonds. The van der Waals surface area contributed by atoms with Gasteiger partial charge in [0.05, 0.1) is 30.3 Å². The van der Waals surface area contributed by atoms with Crippen LogP contribution in [-0.2, 0) is 6.54 Å². The lowest BCUT2D eigenvalue weighted by atomic mass is 10.1. The van der Waals surface area contributed by atoms with Crippen LogP contribution in [-0.4, -0.2) is 50.3 Å². The Labute approximate surface area is 131 Å². The van der Waals surface area contributed by atoms with E-state index >= 15 is 0 Å². The van der Waals surface area contributed by atoms with Crippen molar-refractivity contribution in [3.63, 3.8) is 0 Å². The summed E-state index contributed by atoms with van der Waals surface area (Å²) in [6, 6.07) is 7.59. The van der Waals surface area contributed by atoms with Crippen LogP contribution in [0, 0.1) is 0 Å². The predicted octanol–water partition coefficient (Wildman–Crippen LogP) is 0.815. The highest BCUT2D eigenvalue weighted by Gasteiger charge is 2.36. The van der Waals surface area contributed by atoms with Crippen molar-refractivity contribution in [1.82, 2.24) is 20.0 Å². The normalized spacial score (nSPS) is 14.7. The van der Waals surface area contributed by atoms with Crippen LogP contribution in [0.5, 0.6) is 0 Å². The number of aromatic nitrogens is 2. The molecule has 2 heterocycles. The minimum atomic E-state index is -1.22. The van der Waals surface area contributed by atoms with E-state index in [-0.39, 0.29) is 13.1 Å². The Morgan fingerprint density at radius 2 is 1.78 bits per heavy atom. The number of imide groups is 1. The zero-order valence-electron chi connectivity index (χ0n) is 12.0. The van der Waals surface area contributed by atoms with Gasteiger partial charge in [-0.15, -0.1) is 0 Å². The zero-order chi connectivity index (χ0) is 16.4. The monoisotopic (exact) mass is 314 g/mol. The maximum Gasteiger partial charge on any atom is 0.405 e. The van der Waals surface area contributed by atoms with E-state index in [1.165, 1.54) is 0 Å². The SMILES string of the molecule is O=C(O)NC(CN1C(=O)c2ccccc2C1=O)Cn1cccn1. The molecular formula is C15H14N4O4. The Bertz CT molecular complexity index is 722. The highest BCUT2D eigenvalue weighted by molar-refractivity contribution is 6.21. The first kappa shape index (κ1) is 14.8. The highest BCUT2D eigenvalue weighted by Crippen LogP contribution is 2.22. The van der Waals surface area contributed by atoms with Gasteiger partial charge in [-0.3, -0.25) is 19.2 Å². The number of rotatable bonds is 5. The number of benzene rings is 1. The highest BCUT2D eigenvalue weighted by atomic mass is 16.4. The van der Waals surface area contributed by atoms with E-state index in [9.17, 15) is 14.4 Å². The lowest BCUT2D eigenvalue weighted by molar-refractivity contribution is 0.0631. The molecule has 1 aromatic heterocycles. The molecule has 2 N–H and O–H groups in total. The predicted molar refractivity (Wildman–Crippen MR) is 79.0 cm³/mol. The van der Waals surface area contributed by atoms with Crippen molar-refractivity contribution in [3.8, 4) is 0 Å². The molecule has 1 aliphatic rings. The number of carbonyl (C=O) groups is 3. The maximum absolute atomic E-state index is 12.3. The second kappa shape index (κ2) is 5.91. The van der Waals surface area contributed by atoms with E-state index in [0.29, 0.717) is 11.1 Å². The summed E-state index contributed by atoms with van der Waals surface area (Å²) >= 11 is 0. The molecule has 0 saturated heterocycles. The van der Waals surface area contributed by atoms with Crippen molar-refractivity contribution in [3.05, 3.63) is 53.9 Å². The van der Waals surface area contributed by atoms with Crippen molar-refractivity contribution < 1.29 is 19.5 Å². The van der Waals surface area contributed by atoms with Crippen LogP contribution in [0.1, 0.15) is 20.7 Å². The number of nitrogens with one attached hydrogen (secondary N) is 1. The van der Waals surface area contributed by atoms with Crippen molar-refractivity contribution in [2.24, 2.45) is 0 Å².